The zero-order chi connectivity index (χ0) is 16.1. The van der Waals surface area contributed by atoms with Gasteiger partial charge in [-0.2, -0.15) is 0 Å². The van der Waals surface area contributed by atoms with Crippen molar-refractivity contribution < 1.29 is 4.57 Å². The normalized spacial score (nSPS) is 12.2. The van der Waals surface area contributed by atoms with Crippen LogP contribution in [0.3, 0.4) is 0 Å². The molecule has 2 heteroatoms. The Bertz CT molecular complexity index is 939. The molecule has 1 aromatic heterocycles. The van der Waals surface area contributed by atoms with E-state index in [1.165, 1.54) is 44.6 Å². The van der Waals surface area contributed by atoms with Gasteiger partial charge in [-0.3, -0.25) is 0 Å². The quantitative estimate of drug-likeness (QED) is 0.484. The van der Waals surface area contributed by atoms with Crippen LogP contribution in [-0.4, -0.2) is 4.98 Å². The minimum absolute atomic E-state index is 0.941. The molecule has 0 fully saturated rings. The number of hydrogen-bond donors (Lipinski definition) is 0. The van der Waals surface area contributed by atoms with Crippen LogP contribution in [-0.2, 0) is 13.5 Å². The zero-order valence-corrected chi connectivity index (χ0v) is 14.1. The number of fused-ring (bicyclic) bond motifs is 3. The summed E-state index contributed by atoms with van der Waals surface area (Å²) in [5.41, 5.74) is 10.4. The Kier molecular flexibility index (Phi) is 3.08. The third-order valence-electron chi connectivity index (χ3n) is 4.89. The summed E-state index contributed by atoms with van der Waals surface area (Å²) < 4.78 is 2.16. The summed E-state index contributed by atoms with van der Waals surface area (Å²) in [5.74, 6) is 1.05. The van der Waals surface area contributed by atoms with Crippen molar-refractivity contribution in [2.24, 2.45) is 7.05 Å². The van der Waals surface area contributed by atoms with Crippen LogP contribution < -0.4 is 4.57 Å². The molecular weight excluding hydrogens is 280 g/mol. The highest BCUT2D eigenvalue weighted by atomic mass is 15.0. The average Bonchev–Trinajstić information content (AvgIpc) is 2.88. The second-order valence-corrected chi connectivity index (χ2v) is 6.63. The summed E-state index contributed by atoms with van der Waals surface area (Å²) in [6.07, 6.45) is 3.18. The van der Waals surface area contributed by atoms with Crippen molar-refractivity contribution in [3.05, 3.63) is 70.5 Å². The van der Waals surface area contributed by atoms with Crippen LogP contribution in [0.25, 0.3) is 22.5 Å². The van der Waals surface area contributed by atoms with Crippen molar-refractivity contribution in [2.45, 2.75) is 27.2 Å². The van der Waals surface area contributed by atoms with Crippen molar-refractivity contribution in [3.63, 3.8) is 0 Å². The number of aromatic nitrogens is 2. The highest BCUT2D eigenvalue weighted by Gasteiger charge is 2.29. The number of nitrogens with zero attached hydrogens (tertiary/aromatic N) is 2. The lowest BCUT2D eigenvalue weighted by atomic mass is 10.0. The second-order valence-electron chi connectivity index (χ2n) is 6.63. The second kappa shape index (κ2) is 5.02. The molecule has 1 heterocycles. The van der Waals surface area contributed by atoms with Crippen LogP contribution >= 0.6 is 0 Å². The van der Waals surface area contributed by atoms with Crippen LogP contribution in [0.2, 0.25) is 0 Å². The zero-order valence-electron chi connectivity index (χ0n) is 14.1. The van der Waals surface area contributed by atoms with E-state index in [2.05, 4.69) is 75.0 Å². The largest absolute Gasteiger partial charge is 0.330 e. The fraction of sp³-hybridized carbons (Fsp3) is 0.238. The summed E-state index contributed by atoms with van der Waals surface area (Å²) in [5, 5.41) is 0. The molecule has 0 spiro atoms. The van der Waals surface area contributed by atoms with Gasteiger partial charge in [-0.1, -0.05) is 35.9 Å². The SMILES string of the molecule is Cc1ccc(C)c(-c2nc3c(c[n+]2C)-c2cccc(C)c2C3)c1. The van der Waals surface area contributed by atoms with Crippen molar-refractivity contribution >= 4 is 0 Å². The molecule has 0 N–H and O–H groups in total. The lowest BCUT2D eigenvalue weighted by molar-refractivity contribution is -0.662. The Morgan fingerprint density at radius 2 is 1.74 bits per heavy atom. The Morgan fingerprint density at radius 3 is 2.57 bits per heavy atom. The van der Waals surface area contributed by atoms with Gasteiger partial charge < -0.3 is 0 Å². The van der Waals surface area contributed by atoms with Crippen molar-refractivity contribution in [2.75, 3.05) is 0 Å². The first-order valence-corrected chi connectivity index (χ1v) is 8.10. The maximum absolute atomic E-state index is 5.04. The Labute approximate surface area is 137 Å². The summed E-state index contributed by atoms with van der Waals surface area (Å²) >= 11 is 0. The van der Waals surface area contributed by atoms with Crippen LogP contribution in [0.1, 0.15) is 27.9 Å². The standard InChI is InChI=1S/C21H21N2/c1-13-8-9-15(3)18(10-13)21-22-20-11-17-14(2)6-5-7-16(17)19(20)12-23(21)4/h5-10,12H,11H2,1-4H3/q+1. The Hall–Kier alpha value is -2.48. The van der Waals surface area contributed by atoms with Gasteiger partial charge in [0.25, 0.3) is 0 Å². The summed E-state index contributed by atoms with van der Waals surface area (Å²) in [4.78, 5) is 5.04. The summed E-state index contributed by atoms with van der Waals surface area (Å²) in [7, 11) is 2.10. The molecule has 0 unspecified atom stereocenters. The van der Waals surface area contributed by atoms with E-state index in [1.807, 2.05) is 0 Å². The molecule has 2 nitrogen and oxygen atoms in total. The maximum atomic E-state index is 5.04. The smallest absolute Gasteiger partial charge is 0.232 e. The van der Waals surface area contributed by atoms with E-state index < -0.39 is 0 Å². The van der Waals surface area contributed by atoms with Crippen LogP contribution in [0, 0.1) is 20.8 Å². The fourth-order valence-corrected chi connectivity index (χ4v) is 3.54. The van der Waals surface area contributed by atoms with Gasteiger partial charge in [0.2, 0.25) is 0 Å². The molecule has 0 radical (unpaired) electrons. The molecule has 0 aliphatic heterocycles. The van der Waals surface area contributed by atoms with Gasteiger partial charge in [0, 0.05) is 6.42 Å². The van der Waals surface area contributed by atoms with Crippen LogP contribution in [0.15, 0.2) is 42.6 Å². The first-order valence-electron chi connectivity index (χ1n) is 8.10. The highest BCUT2D eigenvalue weighted by molar-refractivity contribution is 5.76. The molecule has 0 saturated carbocycles. The van der Waals surface area contributed by atoms with E-state index in [9.17, 15) is 0 Å². The van der Waals surface area contributed by atoms with Gasteiger partial charge in [0.1, 0.15) is 6.20 Å². The first kappa shape index (κ1) is 14.1. The van der Waals surface area contributed by atoms with Gasteiger partial charge >= 0.3 is 5.82 Å². The van der Waals surface area contributed by atoms with Crippen LogP contribution in [0.5, 0.6) is 0 Å². The molecule has 2 aromatic carbocycles. The van der Waals surface area contributed by atoms with Crippen molar-refractivity contribution in [1.82, 2.24) is 4.98 Å². The molecule has 1 aliphatic rings. The molecular formula is C21H21N2+. The van der Waals surface area contributed by atoms with E-state index in [4.69, 9.17) is 4.98 Å². The van der Waals surface area contributed by atoms with Gasteiger partial charge in [0.15, 0.2) is 5.69 Å². The Morgan fingerprint density at radius 1 is 0.913 bits per heavy atom. The van der Waals surface area contributed by atoms with E-state index in [-0.39, 0.29) is 0 Å². The van der Waals surface area contributed by atoms with E-state index in [0.717, 1.165) is 12.2 Å². The minimum atomic E-state index is 0.941. The molecule has 1 aliphatic carbocycles. The summed E-state index contributed by atoms with van der Waals surface area (Å²) in [6, 6.07) is 13.1. The van der Waals surface area contributed by atoms with Crippen LogP contribution in [0.4, 0.5) is 0 Å². The lowest BCUT2D eigenvalue weighted by Crippen LogP contribution is -2.33. The minimum Gasteiger partial charge on any atom is -0.232 e. The number of benzene rings is 2. The van der Waals surface area contributed by atoms with Crippen molar-refractivity contribution in [1.29, 1.82) is 0 Å². The Balaban J connectivity index is 1.92. The number of rotatable bonds is 1. The number of hydrogen-bond acceptors (Lipinski definition) is 1. The lowest BCUT2D eigenvalue weighted by Gasteiger charge is -2.06. The molecule has 3 aromatic rings. The first-order chi connectivity index (χ1) is 11.0. The molecule has 0 saturated heterocycles. The van der Waals surface area contributed by atoms with Gasteiger partial charge in [-0.25, -0.2) is 4.57 Å². The molecule has 0 amide bonds. The fourth-order valence-electron chi connectivity index (χ4n) is 3.54. The van der Waals surface area contributed by atoms with E-state index in [0.29, 0.717) is 0 Å². The predicted octanol–water partition coefficient (Wildman–Crippen LogP) is 4.07. The van der Waals surface area contributed by atoms with Gasteiger partial charge in [-0.15, -0.1) is 0 Å². The molecule has 0 bridgehead atoms. The topological polar surface area (TPSA) is 16.8 Å². The summed E-state index contributed by atoms with van der Waals surface area (Å²) in [6.45, 7) is 6.48. The van der Waals surface area contributed by atoms with E-state index >= 15 is 0 Å². The third kappa shape index (κ3) is 2.17. The highest BCUT2D eigenvalue weighted by Crippen LogP contribution is 2.37. The average molecular weight is 301 g/mol. The van der Waals surface area contributed by atoms with Crippen molar-refractivity contribution in [3.8, 4) is 22.5 Å². The van der Waals surface area contributed by atoms with E-state index in [1.54, 1.807) is 0 Å². The molecule has 114 valence electrons. The monoisotopic (exact) mass is 301 g/mol. The predicted molar refractivity (Wildman–Crippen MR) is 93.3 cm³/mol. The molecule has 0 atom stereocenters. The third-order valence-corrected chi connectivity index (χ3v) is 4.89. The van der Waals surface area contributed by atoms with Gasteiger partial charge in [-0.05, 0) is 54.1 Å². The number of aryl methyl sites for hydroxylation is 4. The maximum Gasteiger partial charge on any atom is 0.330 e. The molecule has 23 heavy (non-hydrogen) atoms. The van der Waals surface area contributed by atoms with Gasteiger partial charge in [0.05, 0.1) is 18.2 Å². The molecule has 4 rings (SSSR count).